The zero-order chi connectivity index (χ0) is 22.1. The van der Waals surface area contributed by atoms with Crippen molar-refractivity contribution >= 4 is 11.9 Å². The first-order chi connectivity index (χ1) is 13.9. The number of alkyl halides is 6. The van der Waals surface area contributed by atoms with Crippen molar-refractivity contribution in [2.75, 3.05) is 0 Å². The number of benzene rings is 2. The molecule has 1 aromatic heterocycles. The van der Waals surface area contributed by atoms with Crippen LogP contribution in [0.4, 0.5) is 26.3 Å². The number of para-hydroxylation sites is 1. The zero-order valence-electron chi connectivity index (χ0n) is 14.9. The van der Waals surface area contributed by atoms with Crippen molar-refractivity contribution < 1.29 is 40.7 Å². The summed E-state index contributed by atoms with van der Waals surface area (Å²) in [6.07, 6.45) is -7.70. The molecule has 3 aromatic rings. The van der Waals surface area contributed by atoms with Crippen molar-refractivity contribution in [2.45, 2.75) is 12.4 Å². The summed E-state index contributed by atoms with van der Waals surface area (Å²) in [5.41, 5.74) is -3.32. The largest absolute Gasteiger partial charge is 0.507 e. The minimum absolute atomic E-state index is 0.0215. The van der Waals surface area contributed by atoms with Gasteiger partial charge < -0.3 is 9.52 Å². The van der Waals surface area contributed by atoms with E-state index in [9.17, 15) is 36.2 Å². The van der Waals surface area contributed by atoms with E-state index in [0.717, 1.165) is 6.08 Å². The summed E-state index contributed by atoms with van der Waals surface area (Å²) in [4.78, 5) is 12.1. The number of hydrogen-bond acceptors (Lipinski definition) is 3. The molecule has 0 bridgehead atoms. The molecule has 30 heavy (non-hydrogen) atoms. The van der Waals surface area contributed by atoms with Crippen LogP contribution < -0.4 is 0 Å². The molecule has 0 unspecified atom stereocenters. The fraction of sp³-hybridized carbons (Fsp3) is 0.0952. The molecule has 3 nitrogen and oxygen atoms in total. The standard InChI is InChI=1S/C21H12F6O3/c22-20(23,24)13-9-12(10-14(11-13)21(25,26)27)19-8-6-15(30-19)5-7-18(29)16-3-1-2-4-17(16)28/h1-11,28H. The zero-order valence-corrected chi connectivity index (χ0v) is 14.9. The number of carbonyl (C=O) groups is 1. The average molecular weight is 426 g/mol. The number of allylic oxidation sites excluding steroid dienone is 1. The first kappa shape index (κ1) is 21.2. The quantitative estimate of drug-likeness (QED) is 0.291. The summed E-state index contributed by atoms with van der Waals surface area (Å²) >= 11 is 0. The maximum absolute atomic E-state index is 13.0. The van der Waals surface area contributed by atoms with Gasteiger partial charge in [-0.3, -0.25) is 4.79 Å². The molecule has 9 heteroatoms. The molecule has 0 fully saturated rings. The Bertz CT molecular complexity index is 1070. The van der Waals surface area contributed by atoms with Gasteiger partial charge >= 0.3 is 12.4 Å². The van der Waals surface area contributed by atoms with Gasteiger partial charge in [-0.25, -0.2) is 0 Å². The van der Waals surface area contributed by atoms with Crippen molar-refractivity contribution in [2.24, 2.45) is 0 Å². The highest BCUT2D eigenvalue weighted by molar-refractivity contribution is 6.08. The van der Waals surface area contributed by atoms with Gasteiger partial charge in [-0.1, -0.05) is 12.1 Å². The van der Waals surface area contributed by atoms with Gasteiger partial charge in [-0.2, -0.15) is 26.3 Å². The fourth-order valence-corrected chi connectivity index (χ4v) is 2.62. The van der Waals surface area contributed by atoms with Crippen LogP contribution in [0.25, 0.3) is 17.4 Å². The highest BCUT2D eigenvalue weighted by Gasteiger charge is 2.37. The van der Waals surface area contributed by atoms with Crippen molar-refractivity contribution in [1.82, 2.24) is 0 Å². The number of aromatic hydroxyl groups is 1. The van der Waals surface area contributed by atoms with E-state index in [4.69, 9.17) is 4.42 Å². The van der Waals surface area contributed by atoms with Crippen LogP contribution in [0.5, 0.6) is 5.75 Å². The number of ketones is 1. The molecular formula is C21H12F6O3. The minimum atomic E-state index is -4.98. The van der Waals surface area contributed by atoms with Crippen LogP contribution in [-0.4, -0.2) is 10.9 Å². The Kier molecular flexibility index (Phi) is 5.47. The van der Waals surface area contributed by atoms with Crippen LogP contribution >= 0.6 is 0 Å². The fourth-order valence-electron chi connectivity index (χ4n) is 2.62. The second kappa shape index (κ2) is 7.74. The molecule has 156 valence electrons. The lowest BCUT2D eigenvalue weighted by molar-refractivity contribution is -0.143. The predicted octanol–water partition coefficient (Wildman–Crippen LogP) is 6.59. The second-order valence-electron chi connectivity index (χ2n) is 6.21. The first-order valence-corrected chi connectivity index (χ1v) is 8.35. The van der Waals surface area contributed by atoms with Crippen LogP contribution in [0.2, 0.25) is 0 Å². The third kappa shape index (κ3) is 4.73. The number of carbonyl (C=O) groups excluding carboxylic acids is 1. The highest BCUT2D eigenvalue weighted by Crippen LogP contribution is 2.39. The molecular weight excluding hydrogens is 414 g/mol. The molecule has 0 atom stereocenters. The summed E-state index contributed by atoms with van der Waals surface area (Å²) < 4.78 is 83.2. The summed E-state index contributed by atoms with van der Waals surface area (Å²) in [7, 11) is 0. The second-order valence-corrected chi connectivity index (χ2v) is 6.21. The van der Waals surface area contributed by atoms with Crippen molar-refractivity contribution in [1.29, 1.82) is 0 Å². The summed E-state index contributed by atoms with van der Waals surface area (Å²) in [6.45, 7) is 0. The minimum Gasteiger partial charge on any atom is -0.507 e. The van der Waals surface area contributed by atoms with Crippen LogP contribution in [-0.2, 0) is 12.4 Å². The van der Waals surface area contributed by atoms with Gasteiger partial charge in [0.1, 0.15) is 17.3 Å². The molecule has 0 radical (unpaired) electrons. The maximum atomic E-state index is 13.0. The van der Waals surface area contributed by atoms with Gasteiger partial charge in [0.15, 0.2) is 5.78 Å². The van der Waals surface area contributed by atoms with E-state index in [2.05, 4.69) is 0 Å². The number of halogens is 6. The van der Waals surface area contributed by atoms with E-state index in [-0.39, 0.29) is 28.9 Å². The van der Waals surface area contributed by atoms with Gasteiger partial charge in [-0.15, -0.1) is 0 Å². The molecule has 2 aromatic carbocycles. The Morgan fingerprint density at radius 3 is 2.03 bits per heavy atom. The molecule has 0 amide bonds. The van der Waals surface area contributed by atoms with E-state index < -0.39 is 34.8 Å². The van der Waals surface area contributed by atoms with Crippen LogP contribution in [0, 0.1) is 0 Å². The average Bonchev–Trinajstić information content (AvgIpc) is 3.14. The lowest BCUT2D eigenvalue weighted by atomic mass is 10.0. The van der Waals surface area contributed by atoms with Crippen molar-refractivity contribution in [3.05, 3.63) is 83.1 Å². The lowest BCUT2D eigenvalue weighted by Gasteiger charge is -2.13. The maximum Gasteiger partial charge on any atom is 0.416 e. The number of furan rings is 1. The Hall–Kier alpha value is -3.49. The molecule has 0 spiro atoms. The van der Waals surface area contributed by atoms with E-state index in [0.29, 0.717) is 12.1 Å². The third-order valence-electron chi connectivity index (χ3n) is 4.07. The smallest absolute Gasteiger partial charge is 0.416 e. The molecule has 0 saturated heterocycles. The van der Waals surface area contributed by atoms with Crippen molar-refractivity contribution in [3.8, 4) is 17.1 Å². The first-order valence-electron chi connectivity index (χ1n) is 8.35. The SMILES string of the molecule is O=C(C=Cc1ccc(-c2cc(C(F)(F)F)cc(C(F)(F)F)c2)o1)c1ccccc1O. The van der Waals surface area contributed by atoms with E-state index in [1.54, 1.807) is 0 Å². The Labute approximate surface area is 165 Å². The Morgan fingerprint density at radius 2 is 1.47 bits per heavy atom. The molecule has 1 heterocycles. The normalized spacial score (nSPS) is 12.5. The number of rotatable bonds is 4. The van der Waals surface area contributed by atoms with Gasteiger partial charge in [0.25, 0.3) is 0 Å². The Morgan fingerprint density at radius 1 is 0.867 bits per heavy atom. The molecule has 3 rings (SSSR count). The van der Waals surface area contributed by atoms with Gasteiger partial charge in [0, 0.05) is 5.56 Å². The van der Waals surface area contributed by atoms with Gasteiger partial charge in [-0.05, 0) is 54.6 Å². The van der Waals surface area contributed by atoms with Crippen molar-refractivity contribution in [3.63, 3.8) is 0 Å². The van der Waals surface area contributed by atoms with Crippen LogP contribution in [0.15, 0.2) is 65.1 Å². The summed E-state index contributed by atoms with van der Waals surface area (Å²) in [5.74, 6) is -1.01. The third-order valence-corrected chi connectivity index (χ3v) is 4.07. The topological polar surface area (TPSA) is 50.4 Å². The number of phenolic OH excluding ortho intramolecular Hbond substituents is 1. The van der Waals surface area contributed by atoms with E-state index in [1.807, 2.05) is 0 Å². The monoisotopic (exact) mass is 426 g/mol. The number of phenols is 1. The van der Waals surface area contributed by atoms with Crippen LogP contribution in [0.1, 0.15) is 27.2 Å². The van der Waals surface area contributed by atoms with E-state index in [1.165, 1.54) is 42.5 Å². The molecule has 1 N–H and O–H groups in total. The van der Waals surface area contributed by atoms with Gasteiger partial charge in [0.2, 0.25) is 0 Å². The number of hydrogen-bond donors (Lipinski definition) is 1. The lowest BCUT2D eigenvalue weighted by Crippen LogP contribution is -2.11. The van der Waals surface area contributed by atoms with Crippen LogP contribution in [0.3, 0.4) is 0 Å². The van der Waals surface area contributed by atoms with Gasteiger partial charge in [0.05, 0.1) is 16.7 Å². The predicted molar refractivity (Wildman–Crippen MR) is 95.6 cm³/mol. The molecule has 0 aliphatic carbocycles. The highest BCUT2D eigenvalue weighted by atomic mass is 19.4. The summed E-state index contributed by atoms with van der Waals surface area (Å²) in [6, 6.07) is 9.38. The Balaban J connectivity index is 1.92. The van der Waals surface area contributed by atoms with E-state index >= 15 is 0 Å². The summed E-state index contributed by atoms with van der Waals surface area (Å²) in [5, 5.41) is 9.65. The molecule has 0 aliphatic heterocycles. The molecule has 0 saturated carbocycles. The molecule has 0 aliphatic rings.